The van der Waals surface area contributed by atoms with Crippen LogP contribution in [0.5, 0.6) is 0 Å². The zero-order chi connectivity index (χ0) is 9.19. The van der Waals surface area contributed by atoms with Crippen molar-refractivity contribution in [1.29, 1.82) is 0 Å². The quantitative estimate of drug-likeness (QED) is 0.571. The van der Waals surface area contributed by atoms with Crippen molar-refractivity contribution in [3.8, 4) is 0 Å². The van der Waals surface area contributed by atoms with Crippen LogP contribution in [0, 0.1) is 0 Å². The Kier molecular flexibility index (Phi) is 5.55. The third-order valence-corrected chi connectivity index (χ3v) is 1.52. The average molecular weight is 210 g/mol. The number of hydrogen-bond donors (Lipinski definition) is 0. The smallest absolute Gasteiger partial charge is 0.445 e. The maximum atomic E-state index is 12.1. The van der Waals surface area contributed by atoms with Crippen molar-refractivity contribution in [2.45, 2.75) is 0 Å². The van der Waals surface area contributed by atoms with Crippen LogP contribution in [0.4, 0.5) is 12.9 Å². The molecule has 0 aliphatic carbocycles. The summed E-state index contributed by atoms with van der Waals surface area (Å²) >= 11 is 0. The summed E-state index contributed by atoms with van der Waals surface area (Å²) in [5.41, 5.74) is -0.0842. The Morgan fingerprint density at radius 2 is 1.85 bits per heavy atom. The molecule has 1 aromatic rings. The second-order valence-electron chi connectivity index (χ2n) is 2.45. The van der Waals surface area contributed by atoms with Gasteiger partial charge in [0.25, 0.3) is 0 Å². The van der Waals surface area contributed by atoms with Gasteiger partial charge in [-0.25, -0.2) is 0 Å². The Bertz CT molecular complexity index is 296. The molecule has 0 bridgehead atoms. The summed E-state index contributed by atoms with van der Waals surface area (Å²) in [4.78, 5) is 0. The monoisotopic (exact) mass is 210 g/mol. The summed E-state index contributed by atoms with van der Waals surface area (Å²) in [7, 11) is 0. The van der Waals surface area contributed by atoms with Gasteiger partial charge >= 0.3 is 58.4 Å². The predicted molar refractivity (Wildman–Crippen MR) is 45.2 cm³/mol. The Morgan fingerprint density at radius 3 is 2.31 bits per heavy atom. The molecular weight excluding hydrogens is 203 g/mol. The van der Waals surface area contributed by atoms with Crippen molar-refractivity contribution in [3.63, 3.8) is 0 Å². The Morgan fingerprint density at radius 1 is 1.23 bits per heavy atom. The van der Waals surface area contributed by atoms with E-state index in [1.807, 2.05) is 0 Å². The van der Waals surface area contributed by atoms with E-state index in [2.05, 4.69) is 6.58 Å². The molecule has 1 aromatic carbocycles. The molecule has 0 unspecified atom stereocenters. The van der Waals surface area contributed by atoms with Crippen molar-refractivity contribution >= 4 is 18.5 Å². The summed E-state index contributed by atoms with van der Waals surface area (Å²) in [5, 5.41) is 0. The van der Waals surface area contributed by atoms with E-state index >= 15 is 0 Å². The first-order valence-corrected chi connectivity index (χ1v) is 3.46. The minimum absolute atomic E-state index is 0. The van der Waals surface area contributed by atoms with Crippen molar-refractivity contribution < 1.29 is 64.3 Å². The first kappa shape index (κ1) is 13.5. The second-order valence-corrected chi connectivity index (χ2v) is 2.45. The fraction of sp³-hybridized carbons (Fsp3) is 0. The van der Waals surface area contributed by atoms with E-state index in [9.17, 15) is 12.9 Å². The maximum absolute atomic E-state index is 12.1. The van der Waals surface area contributed by atoms with E-state index < -0.39 is 12.4 Å². The molecule has 0 atom stereocenters. The number of benzene rings is 1. The number of halogens is 3. The Balaban J connectivity index is 0.00000144. The van der Waals surface area contributed by atoms with Gasteiger partial charge in [-0.3, -0.25) is 0 Å². The molecule has 0 heterocycles. The standard InChI is InChI=1S/C8H7BF3.K/c1-2-7-4-3-5-8(6-7)9(10,11)12;/h2-6H,1H2;/q-1;+1. The van der Waals surface area contributed by atoms with Crippen molar-refractivity contribution in [3.05, 3.63) is 36.4 Å². The van der Waals surface area contributed by atoms with E-state index in [0.29, 0.717) is 5.56 Å². The minimum atomic E-state index is -4.88. The summed E-state index contributed by atoms with van der Waals surface area (Å²) in [5.74, 6) is 0. The molecule has 0 fully saturated rings. The van der Waals surface area contributed by atoms with Crippen LogP contribution in [0.1, 0.15) is 5.56 Å². The van der Waals surface area contributed by atoms with Crippen molar-refractivity contribution in [2.24, 2.45) is 0 Å². The Labute approximate surface area is 118 Å². The SMILES string of the molecule is C=Cc1cccc([B-](F)(F)F)c1.[K+]. The average Bonchev–Trinajstić information content (AvgIpc) is 2.03. The van der Waals surface area contributed by atoms with Crippen LogP contribution < -0.4 is 56.8 Å². The molecule has 0 aliphatic heterocycles. The minimum Gasteiger partial charge on any atom is -0.445 e. The third kappa shape index (κ3) is 3.99. The maximum Gasteiger partial charge on any atom is 1.00 e. The molecule has 1 rings (SSSR count). The molecule has 0 aromatic heterocycles. The molecule has 0 saturated heterocycles. The largest absolute Gasteiger partial charge is 1.00 e. The summed E-state index contributed by atoms with van der Waals surface area (Å²) in [6, 6.07) is 5.11. The van der Waals surface area contributed by atoms with Gasteiger partial charge in [0, 0.05) is 0 Å². The molecule has 13 heavy (non-hydrogen) atoms. The van der Waals surface area contributed by atoms with Crippen LogP contribution in [0.2, 0.25) is 0 Å². The zero-order valence-electron chi connectivity index (χ0n) is 7.31. The Hall–Kier alpha value is 0.451. The fourth-order valence-corrected chi connectivity index (χ4v) is 0.890. The van der Waals surface area contributed by atoms with Gasteiger partial charge in [-0.1, -0.05) is 36.9 Å². The summed E-state index contributed by atoms with van der Waals surface area (Å²) in [6.07, 6.45) is 1.39. The van der Waals surface area contributed by atoms with E-state index in [1.165, 1.54) is 12.1 Å². The van der Waals surface area contributed by atoms with Crippen LogP contribution in [-0.2, 0) is 0 Å². The van der Waals surface area contributed by atoms with Gasteiger partial charge in [0.1, 0.15) is 0 Å². The van der Waals surface area contributed by atoms with Crippen molar-refractivity contribution in [1.82, 2.24) is 0 Å². The van der Waals surface area contributed by atoms with Crippen LogP contribution >= 0.6 is 0 Å². The second kappa shape index (κ2) is 5.36. The molecule has 0 radical (unpaired) electrons. The predicted octanol–water partition coefficient (Wildman–Crippen LogP) is -0.612. The molecule has 0 spiro atoms. The molecule has 64 valence electrons. The van der Waals surface area contributed by atoms with Crippen molar-refractivity contribution in [2.75, 3.05) is 0 Å². The molecule has 0 N–H and O–H groups in total. The third-order valence-electron chi connectivity index (χ3n) is 1.52. The normalized spacial score (nSPS) is 10.4. The van der Waals surface area contributed by atoms with Gasteiger partial charge in [0.15, 0.2) is 0 Å². The first-order chi connectivity index (χ1) is 5.54. The van der Waals surface area contributed by atoms with Gasteiger partial charge in [-0.2, -0.15) is 0 Å². The van der Waals surface area contributed by atoms with E-state index in [0.717, 1.165) is 12.1 Å². The van der Waals surface area contributed by atoms with E-state index in [4.69, 9.17) is 0 Å². The fourth-order valence-electron chi connectivity index (χ4n) is 0.890. The number of hydrogen-bond acceptors (Lipinski definition) is 0. The zero-order valence-corrected chi connectivity index (χ0v) is 10.4. The van der Waals surface area contributed by atoms with Gasteiger partial charge in [0.05, 0.1) is 0 Å². The molecule has 0 amide bonds. The van der Waals surface area contributed by atoms with E-state index in [1.54, 1.807) is 6.07 Å². The van der Waals surface area contributed by atoms with Gasteiger partial charge in [0.2, 0.25) is 0 Å². The number of rotatable bonds is 2. The van der Waals surface area contributed by atoms with Crippen LogP contribution in [0.25, 0.3) is 6.08 Å². The van der Waals surface area contributed by atoms with Crippen LogP contribution in [0.15, 0.2) is 30.8 Å². The molecule has 0 saturated carbocycles. The molecule has 0 aliphatic rings. The van der Waals surface area contributed by atoms with Crippen LogP contribution in [0.3, 0.4) is 0 Å². The molecule has 0 nitrogen and oxygen atoms in total. The topological polar surface area (TPSA) is 0 Å². The first-order valence-electron chi connectivity index (χ1n) is 3.46. The van der Waals surface area contributed by atoms with E-state index in [-0.39, 0.29) is 51.4 Å². The molecule has 5 heteroatoms. The molecular formula is C8H7BF3K. The van der Waals surface area contributed by atoms with Gasteiger partial charge < -0.3 is 12.9 Å². The summed E-state index contributed by atoms with van der Waals surface area (Å²) in [6.45, 7) is -1.48. The van der Waals surface area contributed by atoms with Crippen LogP contribution in [-0.4, -0.2) is 6.98 Å². The van der Waals surface area contributed by atoms with Gasteiger partial charge in [-0.05, 0) is 5.56 Å². The summed E-state index contributed by atoms with van der Waals surface area (Å²) < 4.78 is 36.4. The van der Waals surface area contributed by atoms with Gasteiger partial charge in [-0.15, -0.1) is 5.46 Å².